The van der Waals surface area contributed by atoms with Crippen LogP contribution in [0.15, 0.2) is 59.2 Å². The molecular weight excluding hydrogens is 436 g/mol. The highest BCUT2D eigenvalue weighted by Crippen LogP contribution is 2.22. The van der Waals surface area contributed by atoms with E-state index in [9.17, 15) is 10.1 Å². The van der Waals surface area contributed by atoms with Crippen LogP contribution in [0.3, 0.4) is 0 Å². The Labute approximate surface area is 208 Å². The van der Waals surface area contributed by atoms with Gasteiger partial charge in [0.15, 0.2) is 0 Å². The lowest BCUT2D eigenvalue weighted by molar-refractivity contribution is -0.117. The number of nitrogens with zero attached hydrogens (tertiary/aromatic N) is 2. The first kappa shape index (κ1) is 28.7. The quantitative estimate of drug-likeness (QED) is 0.201. The molecule has 0 radical (unpaired) electrons. The van der Waals surface area contributed by atoms with Crippen molar-refractivity contribution in [2.45, 2.75) is 52.6 Å². The molecule has 2 aromatic carbocycles. The minimum atomic E-state index is -0.553. The second-order valence-corrected chi connectivity index (χ2v) is 8.35. The summed E-state index contributed by atoms with van der Waals surface area (Å²) in [5.41, 5.74) is 14.4. The number of benzene rings is 2. The van der Waals surface area contributed by atoms with Crippen LogP contribution in [0.5, 0.6) is 0 Å². The summed E-state index contributed by atoms with van der Waals surface area (Å²) in [6.07, 6.45) is 9.35. The van der Waals surface area contributed by atoms with Crippen molar-refractivity contribution in [3.8, 4) is 18.4 Å². The highest BCUT2D eigenvalue weighted by Gasteiger charge is 2.19. The van der Waals surface area contributed by atoms with Crippen molar-refractivity contribution >= 4 is 18.0 Å². The van der Waals surface area contributed by atoms with Gasteiger partial charge in [-0.1, -0.05) is 56.5 Å². The van der Waals surface area contributed by atoms with E-state index in [1.807, 2.05) is 38.1 Å². The van der Waals surface area contributed by atoms with Crippen molar-refractivity contribution < 1.29 is 4.79 Å². The van der Waals surface area contributed by atoms with E-state index in [-0.39, 0.29) is 23.9 Å². The van der Waals surface area contributed by atoms with Crippen LogP contribution in [-0.4, -0.2) is 18.0 Å². The minimum absolute atomic E-state index is 0.110. The molecule has 0 atom stereocenters. The van der Waals surface area contributed by atoms with Crippen molar-refractivity contribution in [2.24, 2.45) is 16.5 Å². The number of nitriles is 1. The summed E-state index contributed by atoms with van der Waals surface area (Å²) >= 11 is 0. The molecular formula is C28H34N6O. The molecule has 0 spiro atoms. The average molecular weight is 471 g/mol. The van der Waals surface area contributed by atoms with Crippen LogP contribution in [0.2, 0.25) is 0 Å². The fraction of sp³-hybridized carbons (Fsp3) is 0.286. The predicted molar refractivity (Wildman–Crippen MR) is 143 cm³/mol. The number of amides is 1. The summed E-state index contributed by atoms with van der Waals surface area (Å²) in [7, 11) is 0. The van der Waals surface area contributed by atoms with Gasteiger partial charge in [0.1, 0.15) is 5.84 Å². The number of hydrogen-bond donors (Lipinski definition) is 4. The smallest absolute Gasteiger partial charge is 0.254 e. The number of carbonyl (C=O) groups excluding carboxylic acids is 1. The Morgan fingerprint density at radius 2 is 1.80 bits per heavy atom. The molecule has 7 heteroatoms. The van der Waals surface area contributed by atoms with Crippen molar-refractivity contribution in [3.05, 3.63) is 82.1 Å². The molecule has 6 N–H and O–H groups in total. The van der Waals surface area contributed by atoms with Gasteiger partial charge in [0.25, 0.3) is 5.91 Å². The molecule has 0 heterocycles. The van der Waals surface area contributed by atoms with Gasteiger partial charge in [-0.05, 0) is 42.7 Å². The number of rotatable bonds is 8. The van der Waals surface area contributed by atoms with Crippen LogP contribution in [0, 0.1) is 29.1 Å². The molecule has 182 valence electrons. The molecule has 7 nitrogen and oxygen atoms in total. The van der Waals surface area contributed by atoms with Gasteiger partial charge >= 0.3 is 0 Å². The Morgan fingerprint density at radius 1 is 1.20 bits per heavy atom. The van der Waals surface area contributed by atoms with E-state index in [0.29, 0.717) is 17.7 Å². The molecule has 2 rings (SSSR count). The zero-order valence-electron chi connectivity index (χ0n) is 20.9. The maximum atomic E-state index is 12.4. The molecule has 0 aliphatic carbocycles. The van der Waals surface area contributed by atoms with Crippen molar-refractivity contribution in [1.82, 2.24) is 5.32 Å². The minimum Gasteiger partial charge on any atom is -0.404 e. The van der Waals surface area contributed by atoms with Gasteiger partial charge in [0, 0.05) is 30.1 Å². The Bertz CT molecular complexity index is 1160. The Hall–Kier alpha value is -4.36. The fourth-order valence-electron chi connectivity index (χ4n) is 2.86. The summed E-state index contributed by atoms with van der Waals surface area (Å²) in [6.45, 7) is 8.58. The normalized spacial score (nSPS) is 11.1. The van der Waals surface area contributed by atoms with E-state index in [0.717, 1.165) is 16.7 Å². The number of carbonyl (C=O) groups is 1. The second kappa shape index (κ2) is 14.0. The monoisotopic (exact) mass is 470 g/mol. The molecule has 1 amide bonds. The van der Waals surface area contributed by atoms with Crippen LogP contribution in [0.1, 0.15) is 61.9 Å². The largest absolute Gasteiger partial charge is 0.404 e. The van der Waals surface area contributed by atoms with Crippen LogP contribution in [0.4, 0.5) is 0 Å². The number of hydrogen-bond acceptors (Lipinski definition) is 5. The third-order valence-corrected chi connectivity index (χ3v) is 4.88. The van der Waals surface area contributed by atoms with Crippen LogP contribution in [-0.2, 0) is 23.3 Å². The van der Waals surface area contributed by atoms with Gasteiger partial charge in [0.2, 0.25) is 0 Å². The summed E-state index contributed by atoms with van der Waals surface area (Å²) in [4.78, 5) is 16.7. The number of amidine groups is 1. The maximum Gasteiger partial charge on any atom is 0.254 e. The molecule has 2 aromatic rings. The zero-order chi connectivity index (χ0) is 26.4. The zero-order valence-corrected chi connectivity index (χ0v) is 20.9. The van der Waals surface area contributed by atoms with E-state index in [1.54, 1.807) is 18.2 Å². The van der Waals surface area contributed by atoms with Crippen LogP contribution in [0.25, 0.3) is 0 Å². The number of nitrogens with two attached hydrogens (primary N) is 2. The SMILES string of the molecule is C#Cc1cc(CNC(=O)/C(C=NCc2ccc(C(C)(C)C#N)cc2)=C/N)ccc1C(=N)N.CCC. The molecule has 0 saturated carbocycles. The van der Waals surface area contributed by atoms with E-state index < -0.39 is 5.41 Å². The first-order valence-electron chi connectivity index (χ1n) is 11.3. The topological polar surface area (TPSA) is 141 Å². The molecule has 0 fully saturated rings. The Kier molecular flexibility index (Phi) is 11.5. The number of nitrogens with one attached hydrogen (secondary N) is 2. The third kappa shape index (κ3) is 8.83. The molecule has 0 unspecified atom stereocenters. The molecule has 35 heavy (non-hydrogen) atoms. The molecule has 0 bridgehead atoms. The summed E-state index contributed by atoms with van der Waals surface area (Å²) in [6, 6.07) is 15.0. The molecule has 0 aliphatic rings. The molecule has 0 aromatic heterocycles. The number of terminal acetylenes is 1. The van der Waals surface area contributed by atoms with Gasteiger partial charge < -0.3 is 16.8 Å². The van der Waals surface area contributed by atoms with E-state index >= 15 is 0 Å². The number of aliphatic imine (C=N–C) groups is 1. The van der Waals surface area contributed by atoms with E-state index in [1.165, 1.54) is 18.8 Å². The standard InChI is InChI=1S/C25H26N6O.C3H8/c1-4-19-11-18(7-10-22(19)23(28)29)14-31-24(32)20(12-26)15-30-13-17-5-8-21(9-6-17)25(2,3)16-27;1-3-2/h1,5-12,15H,13-14,26H2,2-3H3,(H3,28,29)(H,31,32);3H2,1-2H3/b20-12+,30-15?;. The highest BCUT2D eigenvalue weighted by molar-refractivity contribution is 6.12. The lowest BCUT2D eigenvalue weighted by Crippen LogP contribution is -2.26. The van der Waals surface area contributed by atoms with Gasteiger partial charge in [-0.3, -0.25) is 15.2 Å². The van der Waals surface area contributed by atoms with E-state index in [4.69, 9.17) is 23.3 Å². The van der Waals surface area contributed by atoms with Crippen molar-refractivity contribution in [1.29, 1.82) is 10.7 Å². The van der Waals surface area contributed by atoms with Crippen molar-refractivity contribution in [2.75, 3.05) is 0 Å². The van der Waals surface area contributed by atoms with E-state index in [2.05, 4.69) is 36.1 Å². The Balaban J connectivity index is 0.00000194. The first-order valence-corrected chi connectivity index (χ1v) is 11.3. The van der Waals surface area contributed by atoms with Crippen LogP contribution < -0.4 is 16.8 Å². The first-order chi connectivity index (χ1) is 16.6. The Morgan fingerprint density at radius 3 is 2.31 bits per heavy atom. The fourth-order valence-corrected chi connectivity index (χ4v) is 2.86. The summed E-state index contributed by atoms with van der Waals surface area (Å²) in [5, 5.41) is 19.5. The molecule has 0 aliphatic heterocycles. The predicted octanol–water partition coefficient (Wildman–Crippen LogP) is 3.90. The van der Waals surface area contributed by atoms with Crippen LogP contribution >= 0.6 is 0 Å². The average Bonchev–Trinajstić information content (AvgIpc) is 2.85. The van der Waals surface area contributed by atoms with Gasteiger partial charge in [-0.15, -0.1) is 6.42 Å². The summed E-state index contributed by atoms with van der Waals surface area (Å²) < 4.78 is 0. The highest BCUT2D eigenvalue weighted by atomic mass is 16.1. The lowest BCUT2D eigenvalue weighted by Gasteiger charge is -2.15. The lowest BCUT2D eigenvalue weighted by atomic mass is 9.86. The molecule has 0 saturated heterocycles. The second-order valence-electron chi connectivity index (χ2n) is 8.35. The third-order valence-electron chi connectivity index (χ3n) is 4.88. The van der Waals surface area contributed by atoms with Gasteiger partial charge in [-0.25, -0.2) is 0 Å². The summed E-state index contributed by atoms with van der Waals surface area (Å²) in [5.74, 6) is 2.01. The number of nitrogen functional groups attached to an aromatic ring is 1. The van der Waals surface area contributed by atoms with Gasteiger partial charge in [-0.2, -0.15) is 5.26 Å². The maximum absolute atomic E-state index is 12.4. The van der Waals surface area contributed by atoms with Crippen molar-refractivity contribution in [3.63, 3.8) is 0 Å². The van der Waals surface area contributed by atoms with Gasteiger partial charge in [0.05, 0.1) is 23.6 Å².